The first kappa shape index (κ1) is 14.2. The highest BCUT2D eigenvalue weighted by Crippen LogP contribution is 2.17. The maximum absolute atomic E-state index is 12.0. The fourth-order valence-corrected chi connectivity index (χ4v) is 1.77. The van der Waals surface area contributed by atoms with Crippen LogP contribution in [0.15, 0.2) is 24.3 Å². The standard InChI is InChI=1S/C15H20N4O/c1-9(2)11-5-7-12(8-6-11)16-15(20)14-17-13(10(3)4)18-19-14/h5-10H,1-4H3,(H,16,20)(H,17,18,19). The molecule has 5 nitrogen and oxygen atoms in total. The highest BCUT2D eigenvalue weighted by molar-refractivity contribution is 6.01. The van der Waals surface area contributed by atoms with Crippen LogP contribution in [0.25, 0.3) is 0 Å². The first-order valence-electron chi connectivity index (χ1n) is 6.81. The molecule has 0 saturated carbocycles. The highest BCUT2D eigenvalue weighted by atomic mass is 16.2. The van der Waals surface area contributed by atoms with Crippen molar-refractivity contribution >= 4 is 11.6 Å². The van der Waals surface area contributed by atoms with Crippen LogP contribution in [0.2, 0.25) is 0 Å². The van der Waals surface area contributed by atoms with Crippen molar-refractivity contribution in [3.05, 3.63) is 41.5 Å². The molecule has 1 aromatic carbocycles. The van der Waals surface area contributed by atoms with E-state index in [1.165, 1.54) is 5.56 Å². The fraction of sp³-hybridized carbons (Fsp3) is 0.400. The predicted molar refractivity (Wildman–Crippen MR) is 79.0 cm³/mol. The zero-order valence-corrected chi connectivity index (χ0v) is 12.3. The van der Waals surface area contributed by atoms with E-state index in [9.17, 15) is 4.79 Å². The first-order chi connectivity index (χ1) is 9.47. The number of carbonyl (C=O) groups is 1. The zero-order valence-electron chi connectivity index (χ0n) is 12.3. The maximum atomic E-state index is 12.0. The van der Waals surface area contributed by atoms with Crippen LogP contribution in [0.5, 0.6) is 0 Å². The summed E-state index contributed by atoms with van der Waals surface area (Å²) in [4.78, 5) is 16.2. The Labute approximate surface area is 118 Å². The summed E-state index contributed by atoms with van der Waals surface area (Å²) in [5, 5.41) is 9.50. The van der Waals surface area contributed by atoms with Crippen molar-refractivity contribution in [2.45, 2.75) is 39.5 Å². The second-order valence-electron chi connectivity index (χ2n) is 5.43. The Balaban J connectivity index is 2.06. The van der Waals surface area contributed by atoms with Gasteiger partial charge in [0.1, 0.15) is 5.82 Å². The molecule has 106 valence electrons. The monoisotopic (exact) mass is 272 g/mol. The molecule has 0 fully saturated rings. The summed E-state index contributed by atoms with van der Waals surface area (Å²) < 4.78 is 0. The molecule has 0 aliphatic rings. The van der Waals surface area contributed by atoms with E-state index in [2.05, 4.69) is 34.3 Å². The Morgan fingerprint density at radius 1 is 1.10 bits per heavy atom. The minimum Gasteiger partial charge on any atom is -0.319 e. The van der Waals surface area contributed by atoms with Crippen LogP contribution in [-0.4, -0.2) is 21.1 Å². The maximum Gasteiger partial charge on any atom is 0.295 e. The predicted octanol–water partition coefficient (Wildman–Crippen LogP) is 3.30. The van der Waals surface area contributed by atoms with Crippen molar-refractivity contribution in [2.75, 3.05) is 5.32 Å². The van der Waals surface area contributed by atoms with Gasteiger partial charge in [-0.3, -0.25) is 9.89 Å². The molecular weight excluding hydrogens is 252 g/mol. The molecule has 1 amide bonds. The summed E-state index contributed by atoms with van der Waals surface area (Å²) in [5.74, 6) is 1.27. The second-order valence-corrected chi connectivity index (χ2v) is 5.43. The highest BCUT2D eigenvalue weighted by Gasteiger charge is 2.14. The number of H-pyrrole nitrogens is 1. The van der Waals surface area contributed by atoms with Gasteiger partial charge in [-0.15, -0.1) is 5.10 Å². The molecule has 5 heteroatoms. The van der Waals surface area contributed by atoms with Crippen molar-refractivity contribution in [1.29, 1.82) is 0 Å². The van der Waals surface area contributed by atoms with Gasteiger partial charge in [-0.2, -0.15) is 0 Å². The third-order valence-corrected chi connectivity index (χ3v) is 3.09. The number of anilines is 1. The number of amides is 1. The molecule has 0 bridgehead atoms. The van der Waals surface area contributed by atoms with Gasteiger partial charge in [-0.25, -0.2) is 4.98 Å². The number of aromatic amines is 1. The number of nitrogens with zero attached hydrogens (tertiary/aromatic N) is 2. The van der Waals surface area contributed by atoms with E-state index in [-0.39, 0.29) is 17.6 Å². The Morgan fingerprint density at radius 3 is 2.25 bits per heavy atom. The van der Waals surface area contributed by atoms with Crippen molar-refractivity contribution in [3.63, 3.8) is 0 Å². The van der Waals surface area contributed by atoms with Gasteiger partial charge in [-0.1, -0.05) is 39.8 Å². The van der Waals surface area contributed by atoms with E-state index >= 15 is 0 Å². The minimum absolute atomic E-state index is 0.168. The normalized spacial score (nSPS) is 11.1. The van der Waals surface area contributed by atoms with Gasteiger partial charge in [0, 0.05) is 11.6 Å². The van der Waals surface area contributed by atoms with Crippen LogP contribution in [0.3, 0.4) is 0 Å². The Bertz CT molecular complexity index is 584. The topological polar surface area (TPSA) is 70.7 Å². The lowest BCUT2D eigenvalue weighted by atomic mass is 10.0. The summed E-state index contributed by atoms with van der Waals surface area (Å²) in [6, 6.07) is 7.81. The SMILES string of the molecule is CC(C)c1ccc(NC(=O)c2n[nH]c(C(C)C)n2)cc1. The number of carbonyl (C=O) groups excluding carboxylic acids is 1. The zero-order chi connectivity index (χ0) is 14.7. The molecule has 20 heavy (non-hydrogen) atoms. The largest absolute Gasteiger partial charge is 0.319 e. The first-order valence-corrected chi connectivity index (χ1v) is 6.81. The average molecular weight is 272 g/mol. The summed E-state index contributed by atoms with van der Waals surface area (Å²) in [7, 11) is 0. The molecule has 2 rings (SSSR count). The molecule has 0 unspecified atom stereocenters. The van der Waals surface area contributed by atoms with Crippen LogP contribution in [0, 0.1) is 0 Å². The summed E-state index contributed by atoms with van der Waals surface area (Å²) in [5.41, 5.74) is 1.98. The lowest BCUT2D eigenvalue weighted by Crippen LogP contribution is -2.13. The summed E-state index contributed by atoms with van der Waals surface area (Å²) >= 11 is 0. The van der Waals surface area contributed by atoms with Gasteiger partial charge in [0.25, 0.3) is 5.91 Å². The number of aromatic nitrogens is 3. The molecule has 0 radical (unpaired) electrons. The Hall–Kier alpha value is -2.17. The van der Waals surface area contributed by atoms with Gasteiger partial charge in [-0.05, 0) is 23.6 Å². The van der Waals surface area contributed by atoms with Crippen molar-refractivity contribution in [3.8, 4) is 0 Å². The van der Waals surface area contributed by atoms with E-state index in [0.29, 0.717) is 11.7 Å². The molecule has 0 aliphatic heterocycles. The quantitative estimate of drug-likeness (QED) is 0.897. The molecule has 1 aromatic heterocycles. The molecule has 0 atom stereocenters. The van der Waals surface area contributed by atoms with Gasteiger partial charge < -0.3 is 5.32 Å². The van der Waals surface area contributed by atoms with Crippen LogP contribution >= 0.6 is 0 Å². The molecular formula is C15H20N4O. The number of rotatable bonds is 4. The lowest BCUT2D eigenvalue weighted by Gasteiger charge is -2.07. The number of benzene rings is 1. The molecule has 0 spiro atoms. The van der Waals surface area contributed by atoms with E-state index in [0.717, 1.165) is 5.69 Å². The van der Waals surface area contributed by atoms with E-state index < -0.39 is 0 Å². The van der Waals surface area contributed by atoms with Gasteiger partial charge in [0.15, 0.2) is 0 Å². The molecule has 2 aromatic rings. The minimum atomic E-state index is -0.301. The molecule has 0 aliphatic carbocycles. The van der Waals surface area contributed by atoms with Crippen LogP contribution in [0.1, 0.15) is 61.5 Å². The van der Waals surface area contributed by atoms with Crippen molar-refractivity contribution < 1.29 is 4.79 Å². The Morgan fingerprint density at radius 2 is 1.75 bits per heavy atom. The smallest absolute Gasteiger partial charge is 0.295 e. The molecule has 0 saturated heterocycles. The van der Waals surface area contributed by atoms with Crippen molar-refractivity contribution in [1.82, 2.24) is 15.2 Å². The Kier molecular flexibility index (Phi) is 4.17. The van der Waals surface area contributed by atoms with Crippen molar-refractivity contribution in [2.24, 2.45) is 0 Å². The van der Waals surface area contributed by atoms with E-state index in [4.69, 9.17) is 0 Å². The van der Waals surface area contributed by atoms with Crippen LogP contribution in [0.4, 0.5) is 5.69 Å². The molecule has 2 N–H and O–H groups in total. The summed E-state index contributed by atoms with van der Waals surface area (Å²) in [6.07, 6.45) is 0. The van der Waals surface area contributed by atoms with E-state index in [1.54, 1.807) is 0 Å². The third-order valence-electron chi connectivity index (χ3n) is 3.09. The fourth-order valence-electron chi connectivity index (χ4n) is 1.77. The van der Waals surface area contributed by atoms with Gasteiger partial charge >= 0.3 is 0 Å². The van der Waals surface area contributed by atoms with E-state index in [1.807, 2.05) is 38.1 Å². The average Bonchev–Trinajstić information content (AvgIpc) is 2.89. The molecule has 1 heterocycles. The summed E-state index contributed by atoms with van der Waals surface area (Å²) in [6.45, 7) is 8.25. The number of hydrogen-bond donors (Lipinski definition) is 2. The van der Waals surface area contributed by atoms with Gasteiger partial charge in [0.2, 0.25) is 5.82 Å². The third kappa shape index (κ3) is 3.23. The van der Waals surface area contributed by atoms with Crippen LogP contribution < -0.4 is 5.32 Å². The number of nitrogens with one attached hydrogen (secondary N) is 2. The van der Waals surface area contributed by atoms with Gasteiger partial charge in [0.05, 0.1) is 0 Å². The van der Waals surface area contributed by atoms with Crippen LogP contribution in [-0.2, 0) is 0 Å². The second kappa shape index (κ2) is 5.86. The lowest BCUT2D eigenvalue weighted by molar-refractivity contribution is 0.101. The number of hydrogen-bond acceptors (Lipinski definition) is 3.